The Hall–Kier alpha value is -3.85. The monoisotopic (exact) mass is 498 g/mol. The Balaban J connectivity index is 1.45. The Morgan fingerprint density at radius 1 is 1.00 bits per heavy atom. The van der Waals surface area contributed by atoms with Crippen LogP contribution in [0.1, 0.15) is 23.2 Å². The molecular formula is C25H18ClF3N4O2. The van der Waals surface area contributed by atoms with Gasteiger partial charge >= 0.3 is 0 Å². The number of halogens is 4. The van der Waals surface area contributed by atoms with Crippen molar-refractivity contribution in [2.75, 3.05) is 23.3 Å². The van der Waals surface area contributed by atoms with Crippen LogP contribution >= 0.6 is 11.6 Å². The van der Waals surface area contributed by atoms with Gasteiger partial charge in [-0.1, -0.05) is 17.7 Å². The van der Waals surface area contributed by atoms with Crippen LogP contribution < -0.4 is 15.0 Å². The summed E-state index contributed by atoms with van der Waals surface area (Å²) in [5.41, 5.74) is 0.556. The molecule has 1 N–H and O–H groups in total. The van der Waals surface area contributed by atoms with Crippen LogP contribution in [0.5, 0.6) is 11.5 Å². The lowest BCUT2D eigenvalue weighted by Crippen LogP contribution is -2.19. The molecule has 3 aromatic carbocycles. The van der Waals surface area contributed by atoms with Gasteiger partial charge in [-0.15, -0.1) is 0 Å². The molecule has 4 aromatic rings. The summed E-state index contributed by atoms with van der Waals surface area (Å²) in [6.45, 7) is 1.75. The predicted molar refractivity (Wildman–Crippen MR) is 127 cm³/mol. The van der Waals surface area contributed by atoms with Crippen molar-refractivity contribution < 1.29 is 22.7 Å². The van der Waals surface area contributed by atoms with E-state index in [2.05, 4.69) is 20.2 Å². The molecule has 5 rings (SSSR count). The molecule has 1 aromatic heterocycles. The van der Waals surface area contributed by atoms with E-state index in [1.54, 1.807) is 18.3 Å². The first-order valence-electron chi connectivity index (χ1n) is 10.8. The number of aromatic nitrogens is 2. The fourth-order valence-corrected chi connectivity index (χ4v) is 4.04. The van der Waals surface area contributed by atoms with Crippen molar-refractivity contribution >= 4 is 40.0 Å². The molecule has 1 aliphatic heterocycles. The number of nitrogens with one attached hydrogen (secondary N) is 1. The number of amides is 1. The highest BCUT2D eigenvalue weighted by molar-refractivity contribution is 6.31. The Bertz CT molecular complexity index is 1440. The zero-order chi connectivity index (χ0) is 24.5. The molecule has 0 spiro atoms. The van der Waals surface area contributed by atoms with Gasteiger partial charge in [0.25, 0.3) is 5.91 Å². The number of carbonyl (C=O) groups is 1. The minimum atomic E-state index is -1.53. The summed E-state index contributed by atoms with van der Waals surface area (Å²) in [7, 11) is 0. The fourth-order valence-electron chi connectivity index (χ4n) is 3.85. The standard InChI is InChI=1S/C25H18ClF3N4O2/c26-15-5-3-4-14(10-15)25(34)32-20-12-17(27)22(28)24(23(20)29)35-16-6-7-18-19(11-16)31-21(13-30-18)33-8-1-2-9-33/h3-7,10-13H,1-2,8-9H2,(H,32,34). The number of nitrogens with zero attached hydrogens (tertiary/aromatic N) is 3. The number of hydrogen-bond donors (Lipinski definition) is 1. The molecule has 0 bridgehead atoms. The zero-order valence-corrected chi connectivity index (χ0v) is 19.0. The van der Waals surface area contributed by atoms with Crippen LogP contribution in [0, 0.1) is 17.5 Å². The van der Waals surface area contributed by atoms with E-state index in [-0.39, 0.29) is 11.3 Å². The van der Waals surface area contributed by atoms with E-state index in [0.29, 0.717) is 27.9 Å². The second kappa shape index (κ2) is 9.42. The highest BCUT2D eigenvalue weighted by atomic mass is 35.5. The quantitative estimate of drug-likeness (QED) is 0.325. The first kappa shape index (κ1) is 22.9. The van der Waals surface area contributed by atoms with Gasteiger partial charge in [0, 0.05) is 35.8 Å². The van der Waals surface area contributed by atoms with Crippen LogP contribution in [-0.2, 0) is 0 Å². The molecule has 0 aliphatic carbocycles. The molecule has 1 amide bonds. The van der Waals surface area contributed by atoms with Crippen molar-refractivity contribution in [1.82, 2.24) is 9.97 Å². The van der Waals surface area contributed by atoms with Crippen molar-refractivity contribution in [2.45, 2.75) is 12.8 Å². The van der Waals surface area contributed by atoms with E-state index in [0.717, 1.165) is 25.9 Å². The normalized spacial score (nSPS) is 13.3. The molecule has 0 unspecified atom stereocenters. The largest absolute Gasteiger partial charge is 0.451 e. The van der Waals surface area contributed by atoms with Gasteiger partial charge in [0.1, 0.15) is 11.6 Å². The van der Waals surface area contributed by atoms with E-state index >= 15 is 4.39 Å². The summed E-state index contributed by atoms with van der Waals surface area (Å²) in [5, 5.41) is 2.52. The van der Waals surface area contributed by atoms with E-state index in [9.17, 15) is 13.6 Å². The Labute approximate surface area is 203 Å². The first-order chi connectivity index (χ1) is 16.9. The second-order valence-corrected chi connectivity index (χ2v) is 8.44. The molecule has 0 atom stereocenters. The molecule has 1 fully saturated rings. The third kappa shape index (κ3) is 4.72. The third-order valence-corrected chi connectivity index (χ3v) is 5.84. The topological polar surface area (TPSA) is 67.3 Å². The molecule has 2 heterocycles. The lowest BCUT2D eigenvalue weighted by molar-refractivity contribution is 0.102. The van der Waals surface area contributed by atoms with E-state index in [1.165, 1.54) is 30.3 Å². The highest BCUT2D eigenvalue weighted by Gasteiger charge is 2.23. The summed E-state index contributed by atoms with van der Waals surface area (Å²) in [4.78, 5) is 23.5. The average Bonchev–Trinajstić information content (AvgIpc) is 3.40. The van der Waals surface area contributed by atoms with Gasteiger partial charge in [-0.05, 0) is 43.2 Å². The van der Waals surface area contributed by atoms with E-state index in [4.69, 9.17) is 16.3 Å². The van der Waals surface area contributed by atoms with Gasteiger partial charge in [-0.3, -0.25) is 9.78 Å². The molecule has 10 heteroatoms. The molecule has 1 aliphatic rings. The van der Waals surface area contributed by atoms with Crippen molar-refractivity contribution in [3.8, 4) is 11.5 Å². The maximum Gasteiger partial charge on any atom is 0.255 e. The minimum absolute atomic E-state index is 0.0286. The maximum atomic E-state index is 15.1. The van der Waals surface area contributed by atoms with Gasteiger partial charge < -0.3 is 15.0 Å². The van der Waals surface area contributed by atoms with Crippen LogP contribution in [0.4, 0.5) is 24.7 Å². The smallest absolute Gasteiger partial charge is 0.255 e. The van der Waals surface area contributed by atoms with E-state index in [1.807, 2.05) is 0 Å². The number of ether oxygens (including phenoxy) is 1. The molecule has 1 saturated heterocycles. The molecule has 0 radical (unpaired) electrons. The Morgan fingerprint density at radius 2 is 1.80 bits per heavy atom. The van der Waals surface area contributed by atoms with Crippen molar-refractivity contribution in [2.24, 2.45) is 0 Å². The Morgan fingerprint density at radius 3 is 2.57 bits per heavy atom. The molecule has 0 saturated carbocycles. The summed E-state index contributed by atoms with van der Waals surface area (Å²) in [5.74, 6) is -5.20. The second-order valence-electron chi connectivity index (χ2n) is 8.00. The maximum absolute atomic E-state index is 15.1. The lowest BCUT2D eigenvalue weighted by atomic mass is 10.2. The zero-order valence-electron chi connectivity index (χ0n) is 18.2. The van der Waals surface area contributed by atoms with Crippen LogP contribution in [0.3, 0.4) is 0 Å². The summed E-state index contributed by atoms with van der Waals surface area (Å²) < 4.78 is 49.3. The summed E-state index contributed by atoms with van der Waals surface area (Å²) >= 11 is 5.88. The first-order valence-corrected chi connectivity index (χ1v) is 11.2. The van der Waals surface area contributed by atoms with Crippen LogP contribution in [0.25, 0.3) is 11.0 Å². The van der Waals surface area contributed by atoms with Gasteiger partial charge in [0.15, 0.2) is 11.6 Å². The van der Waals surface area contributed by atoms with Gasteiger partial charge in [-0.2, -0.15) is 4.39 Å². The van der Waals surface area contributed by atoms with Crippen LogP contribution in [0.15, 0.2) is 54.7 Å². The molecular weight excluding hydrogens is 481 g/mol. The number of anilines is 2. The highest BCUT2D eigenvalue weighted by Crippen LogP contribution is 2.35. The number of rotatable bonds is 5. The van der Waals surface area contributed by atoms with Gasteiger partial charge in [0.05, 0.1) is 22.9 Å². The van der Waals surface area contributed by atoms with Gasteiger partial charge in [0.2, 0.25) is 11.6 Å². The molecule has 6 nitrogen and oxygen atoms in total. The molecule has 35 heavy (non-hydrogen) atoms. The predicted octanol–water partition coefficient (Wildman–Crippen LogP) is 6.35. The summed E-state index contributed by atoms with van der Waals surface area (Å²) in [6.07, 6.45) is 3.81. The number of hydrogen-bond acceptors (Lipinski definition) is 5. The van der Waals surface area contributed by atoms with Crippen LogP contribution in [-0.4, -0.2) is 29.0 Å². The van der Waals surface area contributed by atoms with E-state index < -0.39 is 34.8 Å². The third-order valence-electron chi connectivity index (χ3n) is 5.60. The lowest BCUT2D eigenvalue weighted by Gasteiger charge is -2.16. The van der Waals surface area contributed by atoms with Crippen molar-refractivity contribution in [3.05, 3.63) is 82.8 Å². The minimum Gasteiger partial charge on any atom is -0.451 e. The van der Waals surface area contributed by atoms with Crippen LogP contribution in [0.2, 0.25) is 5.02 Å². The molecule has 178 valence electrons. The fraction of sp³-hybridized carbons (Fsp3) is 0.160. The van der Waals surface area contributed by atoms with Crippen molar-refractivity contribution in [3.63, 3.8) is 0 Å². The summed E-state index contributed by atoms with van der Waals surface area (Å²) in [6, 6.07) is 10.9. The average molecular weight is 499 g/mol. The SMILES string of the molecule is O=C(Nc1cc(F)c(F)c(Oc2ccc3ncc(N4CCCC4)nc3c2)c1F)c1cccc(Cl)c1. The Kier molecular flexibility index (Phi) is 6.17. The number of carbonyl (C=O) groups excluding carboxylic acids is 1. The van der Waals surface area contributed by atoms with Crippen molar-refractivity contribution in [1.29, 1.82) is 0 Å². The van der Waals surface area contributed by atoms with Gasteiger partial charge in [-0.25, -0.2) is 13.8 Å². The number of fused-ring (bicyclic) bond motifs is 1. The number of benzene rings is 3.